The van der Waals surface area contributed by atoms with E-state index in [2.05, 4.69) is 5.92 Å². The lowest BCUT2D eigenvalue weighted by molar-refractivity contribution is 0.0544. The van der Waals surface area contributed by atoms with Crippen LogP contribution in [0.1, 0.15) is 5.56 Å². The van der Waals surface area contributed by atoms with Crippen LogP contribution in [0.2, 0.25) is 0 Å². The largest absolute Gasteiger partial charge is 0.497 e. The SMILES string of the molecule is C#C[C@@H](O)COCc1ccc(OC)cc1. The molecule has 0 aromatic heterocycles. The van der Waals surface area contributed by atoms with E-state index >= 15 is 0 Å². The van der Waals surface area contributed by atoms with Gasteiger partial charge in [0.05, 0.1) is 20.3 Å². The molecule has 3 nitrogen and oxygen atoms in total. The number of terminal acetylenes is 1. The van der Waals surface area contributed by atoms with E-state index in [9.17, 15) is 0 Å². The monoisotopic (exact) mass is 206 g/mol. The third-order valence-corrected chi connectivity index (χ3v) is 1.90. The summed E-state index contributed by atoms with van der Waals surface area (Å²) in [6.07, 6.45) is 4.16. The van der Waals surface area contributed by atoms with E-state index in [1.54, 1.807) is 7.11 Å². The molecule has 0 bridgehead atoms. The molecule has 0 saturated heterocycles. The molecule has 15 heavy (non-hydrogen) atoms. The Morgan fingerprint density at radius 1 is 1.40 bits per heavy atom. The van der Waals surface area contributed by atoms with E-state index in [0.29, 0.717) is 6.61 Å². The zero-order valence-corrected chi connectivity index (χ0v) is 8.64. The molecule has 0 amide bonds. The smallest absolute Gasteiger partial charge is 0.137 e. The number of hydrogen-bond donors (Lipinski definition) is 1. The second-order valence-corrected chi connectivity index (χ2v) is 3.05. The fraction of sp³-hybridized carbons (Fsp3) is 0.333. The standard InChI is InChI=1S/C12H14O3/c1-3-11(13)9-15-8-10-4-6-12(14-2)7-5-10/h1,4-7,11,13H,8-9H2,2H3/t11-/m1/s1. The van der Waals surface area contributed by atoms with Crippen molar-refractivity contribution in [3.63, 3.8) is 0 Å². The zero-order valence-electron chi connectivity index (χ0n) is 8.64. The maximum Gasteiger partial charge on any atom is 0.137 e. The van der Waals surface area contributed by atoms with Gasteiger partial charge in [0.2, 0.25) is 0 Å². The summed E-state index contributed by atoms with van der Waals surface area (Å²) in [6, 6.07) is 7.52. The Bertz CT molecular complexity index is 324. The topological polar surface area (TPSA) is 38.7 Å². The first-order valence-electron chi connectivity index (χ1n) is 4.61. The highest BCUT2D eigenvalue weighted by molar-refractivity contribution is 5.26. The van der Waals surface area contributed by atoms with Crippen LogP contribution in [0.4, 0.5) is 0 Å². The predicted octanol–water partition coefficient (Wildman–Crippen LogP) is 1.21. The summed E-state index contributed by atoms with van der Waals surface area (Å²) in [5.41, 5.74) is 1.01. The van der Waals surface area contributed by atoms with Gasteiger partial charge in [-0.2, -0.15) is 0 Å². The quantitative estimate of drug-likeness (QED) is 0.736. The van der Waals surface area contributed by atoms with Gasteiger partial charge in [-0.1, -0.05) is 18.1 Å². The second-order valence-electron chi connectivity index (χ2n) is 3.05. The normalized spacial score (nSPS) is 11.8. The number of rotatable bonds is 5. The van der Waals surface area contributed by atoms with Gasteiger partial charge in [-0.05, 0) is 17.7 Å². The van der Waals surface area contributed by atoms with E-state index < -0.39 is 6.10 Å². The Kier molecular flexibility index (Phi) is 4.69. The van der Waals surface area contributed by atoms with Crippen molar-refractivity contribution >= 4 is 0 Å². The second kappa shape index (κ2) is 6.07. The first-order chi connectivity index (χ1) is 7.26. The maximum absolute atomic E-state index is 9.04. The molecule has 0 radical (unpaired) electrons. The fourth-order valence-corrected chi connectivity index (χ4v) is 1.06. The molecule has 3 heteroatoms. The average Bonchev–Trinajstić information content (AvgIpc) is 2.29. The van der Waals surface area contributed by atoms with Crippen molar-refractivity contribution in [1.82, 2.24) is 0 Å². The Morgan fingerprint density at radius 3 is 2.60 bits per heavy atom. The van der Waals surface area contributed by atoms with Crippen LogP contribution in [0.15, 0.2) is 24.3 Å². The van der Waals surface area contributed by atoms with Gasteiger partial charge in [-0.25, -0.2) is 0 Å². The van der Waals surface area contributed by atoms with Crippen molar-refractivity contribution in [1.29, 1.82) is 0 Å². The Labute approximate surface area is 89.6 Å². The van der Waals surface area contributed by atoms with Gasteiger partial charge in [0.25, 0.3) is 0 Å². The first kappa shape index (κ1) is 11.6. The van der Waals surface area contributed by atoms with Crippen LogP contribution in [-0.4, -0.2) is 24.9 Å². The number of aliphatic hydroxyl groups is 1. The van der Waals surface area contributed by atoms with E-state index in [1.165, 1.54) is 0 Å². The van der Waals surface area contributed by atoms with Crippen LogP contribution >= 0.6 is 0 Å². The minimum absolute atomic E-state index is 0.155. The number of aliphatic hydroxyl groups excluding tert-OH is 1. The maximum atomic E-state index is 9.04. The van der Waals surface area contributed by atoms with Crippen LogP contribution in [0.5, 0.6) is 5.75 Å². The van der Waals surface area contributed by atoms with Gasteiger partial charge in [0, 0.05) is 0 Å². The number of hydrogen-bond acceptors (Lipinski definition) is 3. The molecular weight excluding hydrogens is 192 g/mol. The van der Waals surface area contributed by atoms with Crippen LogP contribution < -0.4 is 4.74 Å². The minimum atomic E-state index is -0.830. The van der Waals surface area contributed by atoms with Crippen molar-refractivity contribution in [2.75, 3.05) is 13.7 Å². The van der Waals surface area contributed by atoms with Crippen molar-refractivity contribution in [2.24, 2.45) is 0 Å². The highest BCUT2D eigenvalue weighted by atomic mass is 16.5. The highest BCUT2D eigenvalue weighted by Crippen LogP contribution is 2.11. The molecule has 1 rings (SSSR count). The van der Waals surface area contributed by atoms with Crippen LogP contribution in [0.25, 0.3) is 0 Å². The number of ether oxygens (including phenoxy) is 2. The molecule has 1 aromatic carbocycles. The van der Waals surface area contributed by atoms with E-state index in [4.69, 9.17) is 21.0 Å². The molecule has 0 unspecified atom stereocenters. The van der Waals surface area contributed by atoms with Crippen LogP contribution in [-0.2, 0) is 11.3 Å². The summed E-state index contributed by atoms with van der Waals surface area (Å²) in [7, 11) is 1.62. The van der Waals surface area contributed by atoms with E-state index in [0.717, 1.165) is 11.3 Å². The van der Waals surface area contributed by atoms with Gasteiger partial charge in [0.15, 0.2) is 0 Å². The van der Waals surface area contributed by atoms with Gasteiger partial charge in [0.1, 0.15) is 11.9 Å². The lowest BCUT2D eigenvalue weighted by Gasteiger charge is -2.06. The molecule has 1 atom stereocenters. The van der Waals surface area contributed by atoms with Gasteiger partial charge in [-0.3, -0.25) is 0 Å². The minimum Gasteiger partial charge on any atom is -0.497 e. The molecule has 1 N–H and O–H groups in total. The Balaban J connectivity index is 2.35. The van der Waals surface area contributed by atoms with E-state index in [1.807, 2.05) is 24.3 Å². The first-order valence-corrected chi connectivity index (χ1v) is 4.61. The average molecular weight is 206 g/mol. The van der Waals surface area contributed by atoms with Crippen molar-refractivity contribution in [3.8, 4) is 18.1 Å². The lowest BCUT2D eigenvalue weighted by atomic mass is 10.2. The molecule has 0 aliphatic heterocycles. The fourth-order valence-electron chi connectivity index (χ4n) is 1.06. The summed E-state index contributed by atoms with van der Waals surface area (Å²) < 4.78 is 10.2. The third-order valence-electron chi connectivity index (χ3n) is 1.90. The Morgan fingerprint density at radius 2 is 2.07 bits per heavy atom. The van der Waals surface area contributed by atoms with Gasteiger partial charge < -0.3 is 14.6 Å². The van der Waals surface area contributed by atoms with Crippen molar-refractivity contribution < 1.29 is 14.6 Å². The summed E-state index contributed by atoms with van der Waals surface area (Å²) in [6.45, 7) is 0.589. The summed E-state index contributed by atoms with van der Waals surface area (Å²) >= 11 is 0. The summed E-state index contributed by atoms with van der Waals surface area (Å²) in [5, 5.41) is 9.04. The van der Waals surface area contributed by atoms with Crippen LogP contribution in [0, 0.1) is 12.3 Å². The number of benzene rings is 1. The van der Waals surface area contributed by atoms with Gasteiger partial charge in [-0.15, -0.1) is 6.42 Å². The molecule has 0 aliphatic rings. The van der Waals surface area contributed by atoms with Crippen molar-refractivity contribution in [3.05, 3.63) is 29.8 Å². The molecule has 80 valence electrons. The lowest BCUT2D eigenvalue weighted by Crippen LogP contribution is -2.12. The molecule has 0 saturated carbocycles. The molecular formula is C12H14O3. The molecule has 1 aromatic rings. The zero-order chi connectivity index (χ0) is 11.1. The molecule has 0 aliphatic carbocycles. The molecule has 0 heterocycles. The summed E-state index contributed by atoms with van der Waals surface area (Å²) in [5.74, 6) is 2.99. The number of methoxy groups -OCH3 is 1. The third kappa shape index (κ3) is 4.03. The summed E-state index contributed by atoms with van der Waals surface area (Å²) in [4.78, 5) is 0. The predicted molar refractivity (Wildman–Crippen MR) is 57.5 cm³/mol. The van der Waals surface area contributed by atoms with Gasteiger partial charge >= 0.3 is 0 Å². The van der Waals surface area contributed by atoms with Crippen LogP contribution in [0.3, 0.4) is 0 Å². The molecule has 0 spiro atoms. The van der Waals surface area contributed by atoms with E-state index in [-0.39, 0.29) is 6.61 Å². The van der Waals surface area contributed by atoms with Crippen molar-refractivity contribution in [2.45, 2.75) is 12.7 Å². The Hall–Kier alpha value is -1.50. The molecule has 0 fully saturated rings. The highest BCUT2D eigenvalue weighted by Gasteiger charge is 1.99.